The van der Waals surface area contributed by atoms with Gasteiger partial charge in [0.05, 0.1) is 38.0 Å². The Morgan fingerprint density at radius 3 is 2.18 bits per heavy atom. The lowest BCUT2D eigenvalue weighted by Gasteiger charge is -2.51. The van der Waals surface area contributed by atoms with E-state index in [0.29, 0.717) is 31.8 Å². The Balaban J connectivity index is 1.15. The zero-order valence-electron chi connectivity index (χ0n) is 21.9. The van der Waals surface area contributed by atoms with Crippen LogP contribution < -0.4 is 4.74 Å². The zero-order valence-corrected chi connectivity index (χ0v) is 21.9. The normalized spacial score (nSPS) is 23.8. The molecular weight excluding hydrogens is 490 g/mol. The van der Waals surface area contributed by atoms with Crippen LogP contribution in [-0.4, -0.2) is 55.1 Å². The summed E-state index contributed by atoms with van der Waals surface area (Å²) in [5.41, 5.74) is 4.40. The average molecular weight is 522 g/mol. The van der Waals surface area contributed by atoms with Gasteiger partial charge in [0, 0.05) is 24.3 Å². The number of methoxy groups -OCH3 is 1. The number of carbonyl (C=O) groups is 1. The maximum absolute atomic E-state index is 13.6. The molecule has 6 nitrogen and oxygen atoms in total. The summed E-state index contributed by atoms with van der Waals surface area (Å²) in [6.45, 7) is 0.983. The molecule has 2 unspecified atom stereocenters. The summed E-state index contributed by atoms with van der Waals surface area (Å²) < 4.78 is 17.6. The lowest BCUT2D eigenvalue weighted by atomic mass is 9.75. The van der Waals surface area contributed by atoms with E-state index in [1.54, 1.807) is 7.11 Å². The zero-order chi connectivity index (χ0) is 26.6. The van der Waals surface area contributed by atoms with Crippen molar-refractivity contribution in [3.63, 3.8) is 0 Å². The molecule has 0 radical (unpaired) electrons. The van der Waals surface area contributed by atoms with Crippen LogP contribution in [-0.2, 0) is 15.1 Å². The minimum Gasteiger partial charge on any atom is -0.496 e. The van der Waals surface area contributed by atoms with E-state index in [-0.39, 0.29) is 30.7 Å². The number of aliphatic hydroxyl groups is 1. The molecule has 2 fully saturated rings. The quantitative estimate of drug-likeness (QED) is 0.365. The standard InChI is InChI=1S/C33H31NO5/c1-37-30-15-14-21-8-2-3-9-24(21)31(30)33(36)16-22-18-38-19-23(17-33)34(22)32(35)39-20-29-27-12-6-4-10-25(27)26-11-5-7-13-28(26)29/h2-15,22-23,29,36H,16-20H2,1H3. The molecular formula is C33H31NO5. The average Bonchev–Trinajstić information content (AvgIpc) is 3.28. The van der Waals surface area contributed by atoms with Crippen molar-refractivity contribution in [1.82, 2.24) is 4.90 Å². The Morgan fingerprint density at radius 2 is 1.51 bits per heavy atom. The molecule has 6 heteroatoms. The van der Waals surface area contributed by atoms with Gasteiger partial charge in [-0.15, -0.1) is 0 Å². The van der Waals surface area contributed by atoms with Gasteiger partial charge < -0.3 is 19.3 Å². The van der Waals surface area contributed by atoms with E-state index in [1.807, 2.05) is 65.6 Å². The molecule has 39 heavy (non-hydrogen) atoms. The molecule has 1 N–H and O–H groups in total. The summed E-state index contributed by atoms with van der Waals surface area (Å²) in [5.74, 6) is 0.656. The molecule has 1 aliphatic carbocycles. The third-order valence-electron chi connectivity index (χ3n) is 8.68. The van der Waals surface area contributed by atoms with Crippen molar-refractivity contribution in [2.24, 2.45) is 0 Å². The van der Waals surface area contributed by atoms with Gasteiger partial charge in [0.25, 0.3) is 0 Å². The number of benzene rings is 4. The first kappa shape index (κ1) is 24.2. The summed E-state index contributed by atoms with van der Waals surface area (Å²) in [5, 5.41) is 14.2. The van der Waals surface area contributed by atoms with Crippen molar-refractivity contribution in [2.75, 3.05) is 26.9 Å². The summed E-state index contributed by atoms with van der Waals surface area (Å²) in [6.07, 6.45) is 0.345. The van der Waals surface area contributed by atoms with E-state index in [4.69, 9.17) is 14.2 Å². The van der Waals surface area contributed by atoms with E-state index < -0.39 is 5.60 Å². The number of hydrogen-bond acceptors (Lipinski definition) is 5. The summed E-state index contributed by atoms with van der Waals surface area (Å²) in [4.78, 5) is 15.4. The lowest BCUT2D eigenvalue weighted by Crippen LogP contribution is -2.62. The number of amides is 1. The van der Waals surface area contributed by atoms with Crippen LogP contribution in [0.4, 0.5) is 4.79 Å². The minimum absolute atomic E-state index is 0.000826. The highest BCUT2D eigenvalue weighted by Gasteiger charge is 2.51. The second-order valence-corrected chi connectivity index (χ2v) is 10.9. The van der Waals surface area contributed by atoms with Gasteiger partial charge in [-0.2, -0.15) is 0 Å². The fourth-order valence-electron chi connectivity index (χ4n) is 7.05. The van der Waals surface area contributed by atoms with E-state index >= 15 is 0 Å². The number of piperidine rings is 1. The van der Waals surface area contributed by atoms with Crippen molar-refractivity contribution in [2.45, 2.75) is 36.4 Å². The van der Waals surface area contributed by atoms with E-state index in [2.05, 4.69) is 24.3 Å². The lowest BCUT2D eigenvalue weighted by molar-refractivity contribution is -0.136. The van der Waals surface area contributed by atoms with Gasteiger partial charge in [0.1, 0.15) is 12.4 Å². The molecule has 3 aliphatic rings. The van der Waals surface area contributed by atoms with Gasteiger partial charge in [-0.1, -0.05) is 78.9 Å². The van der Waals surface area contributed by atoms with Crippen molar-refractivity contribution in [1.29, 1.82) is 0 Å². The second-order valence-electron chi connectivity index (χ2n) is 10.9. The van der Waals surface area contributed by atoms with Gasteiger partial charge in [0.15, 0.2) is 0 Å². The predicted octanol–water partition coefficient (Wildman–Crippen LogP) is 5.85. The number of rotatable bonds is 4. The van der Waals surface area contributed by atoms with Crippen molar-refractivity contribution >= 4 is 16.9 Å². The molecule has 198 valence electrons. The summed E-state index contributed by atoms with van der Waals surface area (Å²) >= 11 is 0. The van der Waals surface area contributed by atoms with Crippen LogP contribution in [0.25, 0.3) is 21.9 Å². The van der Waals surface area contributed by atoms with E-state index in [0.717, 1.165) is 16.3 Å². The molecule has 0 spiro atoms. The largest absolute Gasteiger partial charge is 0.496 e. The Morgan fingerprint density at radius 1 is 0.897 bits per heavy atom. The van der Waals surface area contributed by atoms with E-state index in [1.165, 1.54) is 22.3 Å². The number of hydrogen-bond donors (Lipinski definition) is 1. The first-order chi connectivity index (χ1) is 19.1. The van der Waals surface area contributed by atoms with Crippen molar-refractivity contribution in [3.05, 3.63) is 102 Å². The van der Waals surface area contributed by atoms with Gasteiger partial charge in [-0.3, -0.25) is 4.90 Å². The van der Waals surface area contributed by atoms with Gasteiger partial charge in [0.2, 0.25) is 0 Å². The van der Waals surface area contributed by atoms with Gasteiger partial charge >= 0.3 is 6.09 Å². The van der Waals surface area contributed by atoms with Crippen LogP contribution in [0, 0.1) is 0 Å². The van der Waals surface area contributed by atoms with Crippen molar-refractivity contribution in [3.8, 4) is 16.9 Å². The molecule has 2 heterocycles. The van der Waals surface area contributed by atoms with Crippen LogP contribution in [0.3, 0.4) is 0 Å². The highest BCUT2D eigenvalue weighted by molar-refractivity contribution is 5.89. The highest BCUT2D eigenvalue weighted by atomic mass is 16.6. The molecule has 4 aromatic rings. The van der Waals surface area contributed by atoms with Gasteiger partial charge in [-0.25, -0.2) is 4.79 Å². The fraction of sp³-hybridized carbons (Fsp3) is 0.303. The van der Waals surface area contributed by atoms with Crippen LogP contribution in [0.2, 0.25) is 0 Å². The first-order valence-corrected chi connectivity index (χ1v) is 13.6. The number of nitrogens with zero attached hydrogens (tertiary/aromatic N) is 1. The number of carbonyl (C=O) groups excluding carboxylic acids is 1. The van der Waals surface area contributed by atoms with E-state index in [9.17, 15) is 9.90 Å². The highest BCUT2D eigenvalue weighted by Crippen LogP contribution is 2.48. The third kappa shape index (κ3) is 3.89. The molecule has 1 amide bonds. The molecule has 0 aromatic heterocycles. The third-order valence-corrected chi connectivity index (χ3v) is 8.68. The number of fused-ring (bicyclic) bond motifs is 6. The van der Waals surface area contributed by atoms with Crippen molar-refractivity contribution < 1.29 is 24.1 Å². The Kier molecular flexibility index (Phi) is 5.83. The Bertz CT molecular complexity index is 1510. The molecule has 2 atom stereocenters. The minimum atomic E-state index is -1.16. The number of ether oxygens (including phenoxy) is 3. The molecule has 7 rings (SSSR count). The second kappa shape index (κ2) is 9.40. The summed E-state index contributed by atoms with van der Waals surface area (Å²) in [6, 6.07) is 28.0. The maximum Gasteiger partial charge on any atom is 0.410 e. The first-order valence-electron chi connectivity index (χ1n) is 13.6. The molecule has 2 bridgehead atoms. The van der Waals surface area contributed by atoms with Crippen LogP contribution in [0.15, 0.2) is 84.9 Å². The van der Waals surface area contributed by atoms with Crippen LogP contribution in [0.1, 0.15) is 35.4 Å². The predicted molar refractivity (Wildman–Crippen MR) is 149 cm³/mol. The molecule has 2 aliphatic heterocycles. The maximum atomic E-state index is 13.6. The monoisotopic (exact) mass is 521 g/mol. The van der Waals surface area contributed by atoms with Crippen LogP contribution >= 0.6 is 0 Å². The molecule has 2 saturated heterocycles. The fourth-order valence-corrected chi connectivity index (χ4v) is 7.05. The number of morpholine rings is 1. The van der Waals surface area contributed by atoms with Crippen LogP contribution in [0.5, 0.6) is 5.75 Å². The molecule has 4 aromatic carbocycles. The van der Waals surface area contributed by atoms with Gasteiger partial charge in [-0.05, 0) is 39.1 Å². The molecule has 0 saturated carbocycles. The SMILES string of the molecule is COc1ccc2ccccc2c1C1(O)CC2COCC(C1)N2C(=O)OCC1c2ccccc2-c2ccccc21. The Labute approximate surface area is 227 Å². The smallest absolute Gasteiger partial charge is 0.410 e. The summed E-state index contributed by atoms with van der Waals surface area (Å²) in [7, 11) is 1.63. The topological polar surface area (TPSA) is 68.2 Å². The Hall–Kier alpha value is -3.87.